The molecule has 0 radical (unpaired) electrons. The second-order valence-corrected chi connectivity index (χ2v) is 13.7. The number of pyridine rings is 2. The summed E-state index contributed by atoms with van der Waals surface area (Å²) in [6.07, 6.45) is 6.02. The van der Waals surface area contributed by atoms with Crippen molar-refractivity contribution in [3.05, 3.63) is 114 Å². The lowest BCUT2D eigenvalue weighted by Gasteiger charge is -2.09. The standard InChI is InChI=1S/C35H27F2N7O3S/c1-48(46,47)12-10-21-13-22(16-24(36)14-21)27-9-11-39-34-32(27)41-35(42-34)33-30-28(43-44-33)8-7-26(31(30)37)23-17-25(19-38-18-23)40-29(45)15-20-5-3-2-4-6-20/h2-9,11,13-14,16-19H,10,12,15H2,1H3,(H,40,45)(H,43,44)(H,39,41,42). The van der Waals surface area contributed by atoms with E-state index < -0.39 is 21.5 Å². The van der Waals surface area contributed by atoms with Gasteiger partial charge in [-0.25, -0.2) is 27.2 Å². The van der Waals surface area contributed by atoms with Crippen LogP contribution in [0, 0.1) is 11.6 Å². The minimum Gasteiger partial charge on any atom is -0.335 e. The molecule has 0 spiro atoms. The average Bonchev–Trinajstić information content (AvgIpc) is 3.69. The maximum absolute atomic E-state index is 16.3. The van der Waals surface area contributed by atoms with E-state index in [-0.39, 0.29) is 47.0 Å². The molecule has 0 bridgehead atoms. The number of halogens is 2. The molecule has 10 nitrogen and oxygen atoms in total. The number of nitrogens with zero attached hydrogens (tertiary/aromatic N) is 4. The molecule has 1 amide bonds. The number of anilines is 1. The molecule has 48 heavy (non-hydrogen) atoms. The van der Waals surface area contributed by atoms with Crippen LogP contribution in [0.1, 0.15) is 11.1 Å². The molecule has 0 aliphatic rings. The zero-order chi connectivity index (χ0) is 33.4. The Morgan fingerprint density at radius 3 is 2.56 bits per heavy atom. The van der Waals surface area contributed by atoms with E-state index in [1.54, 1.807) is 30.3 Å². The quantitative estimate of drug-likeness (QED) is 0.165. The number of carbonyl (C=O) groups is 1. The van der Waals surface area contributed by atoms with Crippen molar-refractivity contribution in [1.82, 2.24) is 30.1 Å². The van der Waals surface area contributed by atoms with Crippen molar-refractivity contribution >= 4 is 43.5 Å². The largest absolute Gasteiger partial charge is 0.335 e. The van der Waals surface area contributed by atoms with Crippen LogP contribution in [0.4, 0.5) is 14.5 Å². The third-order valence-corrected chi connectivity index (χ3v) is 8.80. The molecule has 0 saturated heterocycles. The van der Waals surface area contributed by atoms with E-state index in [2.05, 4.69) is 35.5 Å². The van der Waals surface area contributed by atoms with E-state index in [0.717, 1.165) is 11.8 Å². The number of aromatic nitrogens is 6. The first-order valence-corrected chi connectivity index (χ1v) is 17.0. The van der Waals surface area contributed by atoms with Gasteiger partial charge in [-0.05, 0) is 59.5 Å². The maximum atomic E-state index is 16.3. The van der Waals surface area contributed by atoms with Gasteiger partial charge in [0, 0.05) is 35.3 Å². The summed E-state index contributed by atoms with van der Waals surface area (Å²) in [6, 6.07) is 20.4. The summed E-state index contributed by atoms with van der Waals surface area (Å²) in [5.74, 6) is -1.18. The van der Waals surface area contributed by atoms with E-state index in [9.17, 15) is 17.6 Å². The van der Waals surface area contributed by atoms with Crippen LogP contribution in [0.5, 0.6) is 0 Å². The highest BCUT2D eigenvalue weighted by atomic mass is 32.2. The van der Waals surface area contributed by atoms with Crippen molar-refractivity contribution in [2.24, 2.45) is 0 Å². The molecule has 0 unspecified atom stereocenters. The number of rotatable bonds is 9. The predicted molar refractivity (Wildman–Crippen MR) is 180 cm³/mol. The summed E-state index contributed by atoms with van der Waals surface area (Å²) in [4.78, 5) is 29.0. The Hall–Kier alpha value is -5.82. The number of hydrogen-bond donors (Lipinski definition) is 3. The van der Waals surface area contributed by atoms with Gasteiger partial charge in [0.25, 0.3) is 0 Å². The molecule has 240 valence electrons. The van der Waals surface area contributed by atoms with Crippen LogP contribution < -0.4 is 5.32 Å². The highest BCUT2D eigenvalue weighted by Gasteiger charge is 2.21. The number of carbonyl (C=O) groups excluding carboxylic acids is 1. The third-order valence-electron chi connectivity index (χ3n) is 7.85. The SMILES string of the molecule is CS(=O)(=O)CCc1cc(F)cc(-c2ccnc3nc(-c4n[nH]c5ccc(-c6cncc(NC(=O)Cc7ccccc7)c6)c(F)c45)[nH]c23)c1. The number of amides is 1. The normalized spacial score (nSPS) is 11.7. The number of aromatic amines is 2. The lowest BCUT2D eigenvalue weighted by atomic mass is 10.0. The van der Waals surface area contributed by atoms with Crippen LogP contribution in [0.2, 0.25) is 0 Å². The van der Waals surface area contributed by atoms with E-state index in [4.69, 9.17) is 0 Å². The zero-order valence-corrected chi connectivity index (χ0v) is 26.3. The fourth-order valence-corrected chi connectivity index (χ4v) is 6.23. The van der Waals surface area contributed by atoms with E-state index in [0.29, 0.717) is 44.6 Å². The van der Waals surface area contributed by atoms with Crippen molar-refractivity contribution in [3.8, 4) is 33.8 Å². The van der Waals surface area contributed by atoms with E-state index >= 15 is 4.39 Å². The van der Waals surface area contributed by atoms with Gasteiger partial charge in [-0.1, -0.05) is 36.4 Å². The Labute approximate surface area is 273 Å². The molecule has 0 aliphatic carbocycles. The van der Waals surface area contributed by atoms with E-state index in [1.165, 1.54) is 30.7 Å². The molecule has 0 aliphatic heterocycles. The van der Waals surface area contributed by atoms with E-state index in [1.807, 2.05) is 30.3 Å². The molecule has 0 fully saturated rings. The smallest absolute Gasteiger partial charge is 0.228 e. The molecule has 7 aromatic rings. The summed E-state index contributed by atoms with van der Waals surface area (Å²) < 4.78 is 54.4. The summed E-state index contributed by atoms with van der Waals surface area (Å²) in [7, 11) is -3.24. The van der Waals surface area contributed by atoms with Gasteiger partial charge in [-0.15, -0.1) is 0 Å². The van der Waals surface area contributed by atoms with Crippen LogP contribution in [0.15, 0.2) is 91.4 Å². The van der Waals surface area contributed by atoms with Crippen molar-refractivity contribution in [1.29, 1.82) is 0 Å². The van der Waals surface area contributed by atoms with Gasteiger partial charge < -0.3 is 10.3 Å². The van der Waals surface area contributed by atoms with Gasteiger partial charge in [-0.2, -0.15) is 5.10 Å². The number of imidazole rings is 1. The van der Waals surface area contributed by atoms with Crippen molar-refractivity contribution in [2.75, 3.05) is 17.3 Å². The Kier molecular flexibility index (Phi) is 7.97. The number of nitrogens with one attached hydrogen (secondary N) is 3. The molecule has 0 saturated carbocycles. The molecule has 4 heterocycles. The van der Waals surface area contributed by atoms with Gasteiger partial charge in [0.1, 0.15) is 27.2 Å². The van der Waals surface area contributed by atoms with Gasteiger partial charge in [0.15, 0.2) is 11.5 Å². The highest BCUT2D eigenvalue weighted by Crippen LogP contribution is 2.36. The molecule has 7 rings (SSSR count). The maximum Gasteiger partial charge on any atom is 0.228 e. The van der Waals surface area contributed by atoms with Crippen LogP contribution in [-0.4, -0.2) is 56.5 Å². The van der Waals surface area contributed by atoms with Crippen molar-refractivity contribution < 1.29 is 22.0 Å². The number of sulfone groups is 1. The number of hydrogen-bond acceptors (Lipinski definition) is 7. The summed E-state index contributed by atoms with van der Waals surface area (Å²) >= 11 is 0. The molecule has 3 N–H and O–H groups in total. The molecule has 0 atom stereocenters. The van der Waals surface area contributed by atoms with Crippen LogP contribution in [0.25, 0.3) is 55.8 Å². The summed E-state index contributed by atoms with van der Waals surface area (Å²) in [5, 5.41) is 10.2. The predicted octanol–water partition coefficient (Wildman–Crippen LogP) is 6.28. The first-order chi connectivity index (χ1) is 23.1. The Bertz CT molecular complexity index is 2440. The number of fused-ring (bicyclic) bond motifs is 2. The van der Waals surface area contributed by atoms with Gasteiger partial charge in [-0.3, -0.25) is 14.9 Å². The number of aryl methyl sites for hydroxylation is 1. The fourth-order valence-electron chi connectivity index (χ4n) is 5.63. The monoisotopic (exact) mass is 663 g/mol. The van der Waals surface area contributed by atoms with Crippen molar-refractivity contribution in [3.63, 3.8) is 0 Å². The number of benzene rings is 3. The van der Waals surface area contributed by atoms with Gasteiger partial charge >= 0.3 is 0 Å². The highest BCUT2D eigenvalue weighted by molar-refractivity contribution is 7.90. The molecule has 4 aromatic heterocycles. The zero-order valence-electron chi connectivity index (χ0n) is 25.5. The summed E-state index contributed by atoms with van der Waals surface area (Å²) in [5.41, 5.74) is 5.02. The lowest BCUT2D eigenvalue weighted by molar-refractivity contribution is -0.115. The second-order valence-electron chi connectivity index (χ2n) is 11.5. The summed E-state index contributed by atoms with van der Waals surface area (Å²) in [6.45, 7) is 0. The first-order valence-electron chi connectivity index (χ1n) is 14.9. The Morgan fingerprint density at radius 2 is 1.75 bits per heavy atom. The van der Waals surface area contributed by atoms with Crippen LogP contribution in [0.3, 0.4) is 0 Å². The molecule has 13 heteroatoms. The Morgan fingerprint density at radius 1 is 0.917 bits per heavy atom. The van der Waals surface area contributed by atoms with Crippen LogP contribution in [-0.2, 0) is 27.5 Å². The molecular formula is C35H27F2N7O3S. The topological polar surface area (TPSA) is 146 Å². The average molecular weight is 664 g/mol. The fraction of sp³-hybridized carbons (Fsp3) is 0.114. The minimum absolute atomic E-state index is 0.112. The Balaban J connectivity index is 1.22. The second kappa shape index (κ2) is 12.4. The molecule has 3 aromatic carbocycles. The lowest BCUT2D eigenvalue weighted by Crippen LogP contribution is -2.14. The molecular weight excluding hydrogens is 636 g/mol. The third kappa shape index (κ3) is 6.40. The van der Waals surface area contributed by atoms with Gasteiger partial charge in [0.2, 0.25) is 5.91 Å². The minimum atomic E-state index is -3.24. The van der Waals surface area contributed by atoms with Crippen molar-refractivity contribution in [2.45, 2.75) is 12.8 Å². The number of H-pyrrole nitrogens is 2. The van der Waals surface area contributed by atoms with Gasteiger partial charge in [0.05, 0.1) is 40.5 Å². The van der Waals surface area contributed by atoms with Crippen LogP contribution >= 0.6 is 0 Å². The first kappa shape index (κ1) is 30.8.